The van der Waals surface area contributed by atoms with Crippen LogP contribution in [0.2, 0.25) is 5.02 Å². The fourth-order valence-electron chi connectivity index (χ4n) is 2.07. The van der Waals surface area contributed by atoms with Crippen LogP contribution in [0.3, 0.4) is 0 Å². The third kappa shape index (κ3) is 4.43. The molecule has 0 amide bonds. The molecule has 0 unspecified atom stereocenters. The van der Waals surface area contributed by atoms with Gasteiger partial charge in [0.15, 0.2) is 0 Å². The molecule has 1 heterocycles. The van der Waals surface area contributed by atoms with Gasteiger partial charge >= 0.3 is 0 Å². The summed E-state index contributed by atoms with van der Waals surface area (Å²) in [5, 5.41) is 3.95. The van der Waals surface area contributed by atoms with Crippen molar-refractivity contribution < 1.29 is 0 Å². The van der Waals surface area contributed by atoms with E-state index in [0.717, 1.165) is 35.5 Å². The van der Waals surface area contributed by atoms with Gasteiger partial charge in [0, 0.05) is 30.8 Å². The number of nitrogens with zero attached hydrogens (tertiary/aromatic N) is 2. The van der Waals surface area contributed by atoms with E-state index in [0.29, 0.717) is 5.02 Å². The van der Waals surface area contributed by atoms with Crippen molar-refractivity contribution in [3.8, 4) is 0 Å². The van der Waals surface area contributed by atoms with Crippen LogP contribution in [0, 0.1) is 0 Å². The van der Waals surface area contributed by atoms with Crippen molar-refractivity contribution >= 4 is 33.3 Å². The Bertz CT molecular complexity index is 604. The Morgan fingerprint density at radius 1 is 1.33 bits per heavy atom. The van der Waals surface area contributed by atoms with Crippen LogP contribution in [0.25, 0.3) is 0 Å². The monoisotopic (exact) mass is 367 g/mol. The van der Waals surface area contributed by atoms with Crippen LogP contribution in [0.15, 0.2) is 41.0 Å². The van der Waals surface area contributed by atoms with Gasteiger partial charge in [-0.1, -0.05) is 52.7 Å². The first-order valence-electron chi connectivity index (χ1n) is 6.91. The lowest BCUT2D eigenvalue weighted by Crippen LogP contribution is -2.19. The number of benzene rings is 1. The minimum atomic E-state index is 0.681. The fraction of sp³-hybridized carbons (Fsp3) is 0.312. The summed E-state index contributed by atoms with van der Waals surface area (Å²) in [7, 11) is 2.00. The summed E-state index contributed by atoms with van der Waals surface area (Å²) in [4.78, 5) is 6.55. The molecule has 21 heavy (non-hydrogen) atoms. The Morgan fingerprint density at radius 3 is 2.76 bits per heavy atom. The first kappa shape index (κ1) is 16.3. The molecule has 0 saturated carbocycles. The summed E-state index contributed by atoms with van der Waals surface area (Å²) in [5.74, 6) is 0.799. The predicted octanol–water partition coefficient (Wildman–Crippen LogP) is 4.24. The van der Waals surface area contributed by atoms with E-state index in [-0.39, 0.29) is 0 Å². The molecule has 1 N–H and O–H groups in total. The molecule has 112 valence electrons. The van der Waals surface area contributed by atoms with E-state index in [9.17, 15) is 0 Å². The number of hydrogen-bond donors (Lipinski definition) is 1. The van der Waals surface area contributed by atoms with Gasteiger partial charge in [0.1, 0.15) is 5.82 Å². The molecule has 0 aliphatic rings. The quantitative estimate of drug-likeness (QED) is 0.826. The van der Waals surface area contributed by atoms with Gasteiger partial charge in [-0.25, -0.2) is 4.98 Å². The van der Waals surface area contributed by atoms with Crippen molar-refractivity contribution in [2.75, 3.05) is 18.5 Å². The van der Waals surface area contributed by atoms with Gasteiger partial charge in [0.2, 0.25) is 0 Å². The summed E-state index contributed by atoms with van der Waals surface area (Å²) in [6.45, 7) is 4.55. The molecule has 0 radical (unpaired) electrons. The second-order valence-electron chi connectivity index (χ2n) is 4.88. The zero-order valence-electron chi connectivity index (χ0n) is 12.2. The maximum Gasteiger partial charge on any atom is 0.147 e. The normalized spacial score (nSPS) is 10.7. The van der Waals surface area contributed by atoms with Gasteiger partial charge in [0.05, 0.1) is 5.02 Å². The molecule has 1 aromatic carbocycles. The van der Waals surface area contributed by atoms with Crippen LogP contribution in [-0.4, -0.2) is 18.6 Å². The average Bonchev–Trinajstić information content (AvgIpc) is 2.47. The minimum Gasteiger partial charge on any atom is -0.354 e. The highest BCUT2D eigenvalue weighted by Gasteiger charge is 2.10. The summed E-state index contributed by atoms with van der Waals surface area (Å²) in [6.07, 6.45) is 1.88. The van der Waals surface area contributed by atoms with E-state index < -0.39 is 0 Å². The van der Waals surface area contributed by atoms with Crippen LogP contribution in [0.4, 0.5) is 5.82 Å². The number of nitrogens with one attached hydrogen (secondary N) is 1. The molecule has 0 fully saturated rings. The summed E-state index contributed by atoms with van der Waals surface area (Å²) >= 11 is 9.93. The van der Waals surface area contributed by atoms with Gasteiger partial charge in [-0.05, 0) is 29.8 Å². The standard InChI is InChI=1S/C16H19BrClN3/c1-3-19-9-12-8-15(18)16(20-10-12)21(2)11-13-6-4-5-7-14(13)17/h4-8,10,19H,3,9,11H2,1-2H3. The van der Waals surface area contributed by atoms with Gasteiger partial charge < -0.3 is 10.2 Å². The van der Waals surface area contributed by atoms with E-state index in [2.05, 4.69) is 44.1 Å². The van der Waals surface area contributed by atoms with Crippen molar-refractivity contribution in [1.29, 1.82) is 0 Å². The van der Waals surface area contributed by atoms with Crippen LogP contribution in [0.5, 0.6) is 0 Å². The third-order valence-corrected chi connectivity index (χ3v) is 4.24. The maximum atomic E-state index is 6.37. The maximum absolute atomic E-state index is 6.37. The number of rotatable bonds is 6. The van der Waals surface area contributed by atoms with Gasteiger partial charge in [0.25, 0.3) is 0 Å². The highest BCUT2D eigenvalue weighted by atomic mass is 79.9. The van der Waals surface area contributed by atoms with Gasteiger partial charge in [-0.15, -0.1) is 0 Å². The molecule has 0 aliphatic heterocycles. The Hall–Kier alpha value is -1.10. The minimum absolute atomic E-state index is 0.681. The molecule has 2 rings (SSSR count). The van der Waals surface area contributed by atoms with Crippen LogP contribution in [-0.2, 0) is 13.1 Å². The average molecular weight is 369 g/mol. The van der Waals surface area contributed by atoms with Crippen LogP contribution >= 0.6 is 27.5 Å². The van der Waals surface area contributed by atoms with Crippen molar-refractivity contribution in [3.05, 3.63) is 57.2 Å². The lowest BCUT2D eigenvalue weighted by molar-refractivity contribution is 0.724. The van der Waals surface area contributed by atoms with Crippen molar-refractivity contribution in [2.45, 2.75) is 20.0 Å². The first-order valence-corrected chi connectivity index (χ1v) is 8.08. The summed E-state index contributed by atoms with van der Waals surface area (Å²) < 4.78 is 1.09. The van der Waals surface area contributed by atoms with Gasteiger partial charge in [-0.3, -0.25) is 0 Å². The number of anilines is 1. The summed E-state index contributed by atoms with van der Waals surface area (Å²) in [6, 6.07) is 10.1. The van der Waals surface area contributed by atoms with E-state index in [1.807, 2.05) is 37.5 Å². The van der Waals surface area contributed by atoms with Crippen molar-refractivity contribution in [1.82, 2.24) is 10.3 Å². The molecular formula is C16H19BrClN3. The topological polar surface area (TPSA) is 28.2 Å². The van der Waals surface area contributed by atoms with Crippen molar-refractivity contribution in [2.24, 2.45) is 0 Å². The van der Waals surface area contributed by atoms with E-state index in [4.69, 9.17) is 11.6 Å². The number of halogens is 2. The largest absolute Gasteiger partial charge is 0.354 e. The molecule has 3 nitrogen and oxygen atoms in total. The second kappa shape index (κ2) is 7.78. The molecule has 0 aliphatic carbocycles. The molecule has 0 bridgehead atoms. The Morgan fingerprint density at radius 2 is 2.10 bits per heavy atom. The van der Waals surface area contributed by atoms with E-state index >= 15 is 0 Å². The molecular weight excluding hydrogens is 350 g/mol. The Labute approximate surface area is 139 Å². The molecule has 0 saturated heterocycles. The molecule has 0 atom stereocenters. The fourth-order valence-corrected chi connectivity index (χ4v) is 2.82. The lowest BCUT2D eigenvalue weighted by Gasteiger charge is -2.20. The lowest BCUT2D eigenvalue weighted by atomic mass is 10.2. The molecule has 1 aromatic heterocycles. The predicted molar refractivity (Wildman–Crippen MR) is 92.9 cm³/mol. The smallest absolute Gasteiger partial charge is 0.147 e. The summed E-state index contributed by atoms with van der Waals surface area (Å²) in [5.41, 5.74) is 2.30. The molecule has 2 aromatic rings. The molecule has 5 heteroatoms. The SMILES string of the molecule is CCNCc1cnc(N(C)Cc2ccccc2Br)c(Cl)c1. The van der Waals surface area contributed by atoms with E-state index in [1.54, 1.807) is 0 Å². The number of hydrogen-bond acceptors (Lipinski definition) is 3. The second-order valence-corrected chi connectivity index (χ2v) is 6.14. The van der Waals surface area contributed by atoms with Crippen LogP contribution < -0.4 is 10.2 Å². The van der Waals surface area contributed by atoms with E-state index in [1.165, 1.54) is 5.56 Å². The highest BCUT2D eigenvalue weighted by molar-refractivity contribution is 9.10. The van der Waals surface area contributed by atoms with Crippen LogP contribution in [0.1, 0.15) is 18.1 Å². The number of aromatic nitrogens is 1. The Balaban J connectivity index is 2.12. The highest BCUT2D eigenvalue weighted by Crippen LogP contribution is 2.26. The van der Waals surface area contributed by atoms with Gasteiger partial charge in [-0.2, -0.15) is 0 Å². The molecule has 0 spiro atoms. The number of pyridine rings is 1. The third-order valence-electron chi connectivity index (χ3n) is 3.18. The van der Waals surface area contributed by atoms with Crippen molar-refractivity contribution in [3.63, 3.8) is 0 Å². The zero-order valence-corrected chi connectivity index (χ0v) is 14.6. The Kier molecular flexibility index (Phi) is 6.03. The first-order chi connectivity index (χ1) is 10.1. The zero-order chi connectivity index (χ0) is 15.2.